The topological polar surface area (TPSA) is 60.2 Å². The minimum Gasteiger partial charge on any atom is -0.289 e. The molecule has 0 aliphatic rings. The van der Waals surface area contributed by atoms with Crippen LogP contribution in [-0.4, -0.2) is 10.7 Å². The molecule has 0 atom stereocenters. The van der Waals surface area contributed by atoms with E-state index < -0.39 is 4.92 Å². The average molecular weight is 367 g/mol. The molecule has 0 aromatic heterocycles. The maximum Gasteiger partial charge on any atom is 0.272 e. The first-order valence-corrected chi connectivity index (χ1v) is 6.63. The second-order valence-corrected chi connectivity index (χ2v) is 5.23. The fraction of sp³-hybridized carbons (Fsp3) is 0.0714. The van der Waals surface area contributed by atoms with Crippen LogP contribution in [0.25, 0.3) is 0 Å². The first-order chi connectivity index (χ1) is 9.00. The molecule has 4 nitrogen and oxygen atoms in total. The molecule has 96 valence electrons. The summed E-state index contributed by atoms with van der Waals surface area (Å²) in [7, 11) is 0. The van der Waals surface area contributed by atoms with Gasteiger partial charge >= 0.3 is 0 Å². The van der Waals surface area contributed by atoms with E-state index in [1.54, 1.807) is 25.1 Å². The number of carbonyl (C=O) groups excluding carboxylic acids is 1. The molecule has 2 aromatic carbocycles. The third kappa shape index (κ3) is 2.81. The monoisotopic (exact) mass is 367 g/mol. The molecule has 19 heavy (non-hydrogen) atoms. The number of aryl methyl sites for hydroxylation is 1. The first kappa shape index (κ1) is 13.7. The van der Waals surface area contributed by atoms with Crippen molar-refractivity contribution in [1.82, 2.24) is 0 Å². The number of carbonyl (C=O) groups is 1. The van der Waals surface area contributed by atoms with E-state index >= 15 is 0 Å². The van der Waals surface area contributed by atoms with Gasteiger partial charge < -0.3 is 0 Å². The number of nitro benzene ring substituents is 1. The van der Waals surface area contributed by atoms with Crippen molar-refractivity contribution in [3.8, 4) is 0 Å². The minimum atomic E-state index is -0.449. The Balaban J connectivity index is 2.43. The lowest BCUT2D eigenvalue weighted by Crippen LogP contribution is -2.04. The number of nitrogens with zero attached hydrogens (tertiary/aromatic N) is 1. The number of hydrogen-bond acceptors (Lipinski definition) is 3. The van der Waals surface area contributed by atoms with Crippen LogP contribution in [0.15, 0.2) is 42.5 Å². The lowest BCUT2D eigenvalue weighted by Gasteiger charge is -2.05. The van der Waals surface area contributed by atoms with Gasteiger partial charge in [-0.3, -0.25) is 14.9 Å². The van der Waals surface area contributed by atoms with Crippen LogP contribution in [-0.2, 0) is 0 Å². The molecule has 0 unspecified atom stereocenters. The van der Waals surface area contributed by atoms with E-state index in [1.807, 2.05) is 12.1 Å². The summed E-state index contributed by atoms with van der Waals surface area (Å²) in [5.41, 5.74) is 1.59. The molecule has 0 aliphatic carbocycles. The van der Waals surface area contributed by atoms with Crippen LogP contribution in [0.2, 0.25) is 0 Å². The molecule has 0 fully saturated rings. The Morgan fingerprint density at radius 1 is 1.21 bits per heavy atom. The zero-order valence-electron chi connectivity index (χ0n) is 10.1. The van der Waals surface area contributed by atoms with Gasteiger partial charge in [0.25, 0.3) is 5.69 Å². The van der Waals surface area contributed by atoms with Crippen LogP contribution in [0.4, 0.5) is 5.69 Å². The molecule has 0 radical (unpaired) electrons. The Bertz CT molecular complexity index is 667. The van der Waals surface area contributed by atoms with Crippen LogP contribution in [0.1, 0.15) is 21.5 Å². The van der Waals surface area contributed by atoms with Crippen molar-refractivity contribution in [3.05, 3.63) is 72.8 Å². The average Bonchev–Trinajstić information content (AvgIpc) is 2.38. The van der Waals surface area contributed by atoms with Crippen LogP contribution in [0.3, 0.4) is 0 Å². The van der Waals surface area contributed by atoms with Gasteiger partial charge in [-0.25, -0.2) is 0 Å². The molecule has 0 saturated carbocycles. The molecule has 0 bridgehead atoms. The van der Waals surface area contributed by atoms with Gasteiger partial charge in [0, 0.05) is 26.3 Å². The Morgan fingerprint density at radius 2 is 1.89 bits per heavy atom. The maximum absolute atomic E-state index is 12.3. The summed E-state index contributed by atoms with van der Waals surface area (Å²) in [6.45, 7) is 1.63. The van der Waals surface area contributed by atoms with Gasteiger partial charge in [0.15, 0.2) is 5.78 Å². The molecule has 0 aliphatic heterocycles. The summed E-state index contributed by atoms with van der Waals surface area (Å²) in [6.07, 6.45) is 0. The van der Waals surface area contributed by atoms with E-state index in [4.69, 9.17) is 0 Å². The zero-order valence-corrected chi connectivity index (χ0v) is 12.2. The number of ketones is 1. The highest BCUT2D eigenvalue weighted by Crippen LogP contribution is 2.22. The number of halogens is 1. The first-order valence-electron chi connectivity index (χ1n) is 5.55. The number of benzene rings is 2. The summed E-state index contributed by atoms with van der Waals surface area (Å²) in [4.78, 5) is 22.6. The van der Waals surface area contributed by atoms with Crippen molar-refractivity contribution in [2.75, 3.05) is 0 Å². The van der Waals surface area contributed by atoms with E-state index in [1.165, 1.54) is 12.1 Å². The van der Waals surface area contributed by atoms with Gasteiger partial charge in [-0.05, 0) is 53.8 Å². The van der Waals surface area contributed by atoms with Crippen LogP contribution in [0.5, 0.6) is 0 Å². The van der Waals surface area contributed by atoms with E-state index in [-0.39, 0.29) is 11.5 Å². The standard InChI is InChI=1S/C14H10INO3/c1-9-8-10(6-7-13(9)16(18)19)14(17)11-4-2-3-5-12(11)15/h2-8H,1H3. The Kier molecular flexibility index (Phi) is 3.94. The third-order valence-corrected chi connectivity index (χ3v) is 3.71. The summed E-state index contributed by atoms with van der Waals surface area (Å²) in [6, 6.07) is 11.7. The fourth-order valence-corrected chi connectivity index (χ4v) is 2.43. The lowest BCUT2D eigenvalue weighted by atomic mass is 10.0. The Morgan fingerprint density at radius 3 is 2.47 bits per heavy atom. The van der Waals surface area contributed by atoms with Crippen LogP contribution < -0.4 is 0 Å². The summed E-state index contributed by atoms with van der Waals surface area (Å²) in [5, 5.41) is 10.7. The van der Waals surface area contributed by atoms with E-state index in [0.29, 0.717) is 16.7 Å². The molecule has 5 heteroatoms. The van der Waals surface area contributed by atoms with Gasteiger partial charge in [-0.15, -0.1) is 0 Å². The lowest BCUT2D eigenvalue weighted by molar-refractivity contribution is -0.385. The number of hydrogen-bond donors (Lipinski definition) is 0. The van der Waals surface area contributed by atoms with Crippen molar-refractivity contribution in [2.24, 2.45) is 0 Å². The largest absolute Gasteiger partial charge is 0.289 e. The van der Waals surface area contributed by atoms with E-state index in [0.717, 1.165) is 3.57 Å². The van der Waals surface area contributed by atoms with Crippen molar-refractivity contribution in [2.45, 2.75) is 6.92 Å². The predicted octanol–water partition coefficient (Wildman–Crippen LogP) is 3.74. The van der Waals surface area contributed by atoms with Gasteiger partial charge in [-0.1, -0.05) is 12.1 Å². The van der Waals surface area contributed by atoms with Crippen LogP contribution in [0, 0.1) is 20.6 Å². The Hall–Kier alpha value is -1.76. The van der Waals surface area contributed by atoms with Crippen molar-refractivity contribution < 1.29 is 9.72 Å². The normalized spacial score (nSPS) is 10.2. The summed E-state index contributed by atoms with van der Waals surface area (Å²) in [5.74, 6) is -0.122. The van der Waals surface area contributed by atoms with E-state index in [2.05, 4.69) is 22.6 Å². The summed E-state index contributed by atoms with van der Waals surface area (Å²) >= 11 is 2.10. The molecule has 0 spiro atoms. The van der Waals surface area contributed by atoms with Crippen LogP contribution >= 0.6 is 22.6 Å². The SMILES string of the molecule is Cc1cc(C(=O)c2ccccc2I)ccc1[N+](=O)[O-]. The highest BCUT2D eigenvalue weighted by molar-refractivity contribution is 14.1. The third-order valence-electron chi connectivity index (χ3n) is 2.77. The molecular formula is C14H10INO3. The molecular weight excluding hydrogens is 357 g/mol. The van der Waals surface area contributed by atoms with E-state index in [9.17, 15) is 14.9 Å². The Labute approximate surface area is 123 Å². The number of rotatable bonds is 3. The van der Waals surface area contributed by atoms with Gasteiger partial charge in [0.1, 0.15) is 0 Å². The van der Waals surface area contributed by atoms with Gasteiger partial charge in [0.2, 0.25) is 0 Å². The number of nitro groups is 1. The highest BCUT2D eigenvalue weighted by Gasteiger charge is 2.16. The second-order valence-electron chi connectivity index (χ2n) is 4.07. The molecule has 2 rings (SSSR count). The fourth-order valence-electron chi connectivity index (χ4n) is 1.80. The zero-order chi connectivity index (χ0) is 14.0. The highest BCUT2D eigenvalue weighted by atomic mass is 127. The van der Waals surface area contributed by atoms with Gasteiger partial charge in [-0.2, -0.15) is 0 Å². The van der Waals surface area contributed by atoms with Crippen molar-refractivity contribution in [1.29, 1.82) is 0 Å². The van der Waals surface area contributed by atoms with Gasteiger partial charge in [0.05, 0.1) is 4.92 Å². The maximum atomic E-state index is 12.3. The molecule has 0 N–H and O–H groups in total. The minimum absolute atomic E-state index is 0.0271. The van der Waals surface area contributed by atoms with Crippen molar-refractivity contribution >= 4 is 34.1 Å². The molecule has 0 saturated heterocycles. The molecule has 2 aromatic rings. The second kappa shape index (κ2) is 5.48. The molecule has 0 heterocycles. The summed E-state index contributed by atoms with van der Waals surface area (Å²) < 4.78 is 0.862. The van der Waals surface area contributed by atoms with Crippen molar-refractivity contribution in [3.63, 3.8) is 0 Å². The quantitative estimate of drug-likeness (QED) is 0.359. The molecule has 0 amide bonds. The smallest absolute Gasteiger partial charge is 0.272 e. The predicted molar refractivity (Wildman–Crippen MR) is 80.4 cm³/mol.